The van der Waals surface area contributed by atoms with Gasteiger partial charge < -0.3 is 25.0 Å². The van der Waals surface area contributed by atoms with Gasteiger partial charge >= 0.3 is 6.09 Å². The number of rotatable bonds is 11. The highest BCUT2D eigenvalue weighted by Crippen LogP contribution is 2.32. The van der Waals surface area contributed by atoms with Crippen LogP contribution in [0.15, 0.2) is 47.7 Å². The first-order valence-electron chi connectivity index (χ1n) is 15.3. The van der Waals surface area contributed by atoms with Crippen molar-refractivity contribution in [2.45, 2.75) is 60.3 Å². The van der Waals surface area contributed by atoms with Crippen molar-refractivity contribution in [3.8, 4) is 17.1 Å². The molecular weight excluding hydrogens is 558 g/mol. The van der Waals surface area contributed by atoms with Crippen molar-refractivity contribution in [3.63, 3.8) is 0 Å². The summed E-state index contributed by atoms with van der Waals surface area (Å²) in [5.74, 6) is 1.06. The highest BCUT2D eigenvalue weighted by molar-refractivity contribution is 5.89. The first-order chi connectivity index (χ1) is 21.0. The number of carbonyl (C=O) groups excluding carboxylic acids is 1. The van der Waals surface area contributed by atoms with E-state index in [0.29, 0.717) is 51.0 Å². The summed E-state index contributed by atoms with van der Waals surface area (Å²) in [5, 5.41) is 20.5. The van der Waals surface area contributed by atoms with Crippen LogP contribution in [0, 0.1) is 19.3 Å². The third kappa shape index (κ3) is 7.94. The zero-order valence-corrected chi connectivity index (χ0v) is 26.7. The zero-order valence-electron chi connectivity index (χ0n) is 26.7. The van der Waals surface area contributed by atoms with Crippen LogP contribution >= 0.6 is 0 Å². The molecule has 1 fully saturated rings. The Morgan fingerprint density at radius 3 is 2.48 bits per heavy atom. The molecule has 2 aromatic heterocycles. The van der Waals surface area contributed by atoms with E-state index in [1.165, 1.54) is 5.56 Å². The van der Waals surface area contributed by atoms with Crippen molar-refractivity contribution in [3.05, 3.63) is 65.0 Å². The molecule has 0 saturated carbocycles. The monoisotopic (exact) mass is 603 g/mol. The van der Waals surface area contributed by atoms with E-state index < -0.39 is 11.5 Å². The molecule has 44 heavy (non-hydrogen) atoms. The molecule has 3 N–H and O–H groups in total. The minimum Gasteiger partial charge on any atom is -0.475 e. The van der Waals surface area contributed by atoms with E-state index in [0.717, 1.165) is 34.4 Å². The van der Waals surface area contributed by atoms with Crippen LogP contribution in [0.4, 0.5) is 4.79 Å². The number of benzene rings is 1. The van der Waals surface area contributed by atoms with Crippen LogP contribution < -0.4 is 10.1 Å². The van der Waals surface area contributed by atoms with E-state index in [1.54, 1.807) is 17.3 Å². The fourth-order valence-electron chi connectivity index (χ4n) is 5.78. The van der Waals surface area contributed by atoms with Gasteiger partial charge in [-0.25, -0.2) is 4.79 Å². The quantitative estimate of drug-likeness (QED) is 0.205. The summed E-state index contributed by atoms with van der Waals surface area (Å²) < 4.78 is 6.25. The summed E-state index contributed by atoms with van der Waals surface area (Å²) in [6.07, 6.45) is 3.69. The lowest BCUT2D eigenvalue weighted by atomic mass is 9.92. The molecule has 236 valence electrons. The fourth-order valence-corrected chi connectivity index (χ4v) is 5.78. The number of hydrogen-bond donors (Lipinski definition) is 3. The second kappa shape index (κ2) is 14.4. The molecule has 1 aromatic carbocycles. The lowest BCUT2D eigenvalue weighted by Crippen LogP contribution is -2.43. The molecule has 1 aliphatic rings. The van der Waals surface area contributed by atoms with Crippen LogP contribution in [0.2, 0.25) is 0 Å². The summed E-state index contributed by atoms with van der Waals surface area (Å²) in [6, 6.07) is 10.3. The Morgan fingerprint density at radius 2 is 1.84 bits per heavy atom. The Kier molecular flexibility index (Phi) is 10.6. The van der Waals surface area contributed by atoms with E-state index in [2.05, 4.69) is 57.5 Å². The fraction of sp³-hybridized carbons (Fsp3) is 0.485. The first-order valence-corrected chi connectivity index (χ1v) is 15.3. The van der Waals surface area contributed by atoms with Gasteiger partial charge in [-0.15, -0.1) is 10.1 Å². The molecule has 3 heterocycles. The van der Waals surface area contributed by atoms with E-state index in [9.17, 15) is 14.7 Å². The van der Waals surface area contributed by atoms with E-state index >= 15 is 0 Å². The lowest BCUT2D eigenvalue weighted by molar-refractivity contribution is -0.141. The number of pyridine rings is 1. The van der Waals surface area contributed by atoms with Crippen molar-refractivity contribution in [2.24, 2.45) is 10.4 Å². The summed E-state index contributed by atoms with van der Waals surface area (Å²) in [5.41, 5.74) is 5.34. The van der Waals surface area contributed by atoms with Gasteiger partial charge in [0.15, 0.2) is 0 Å². The third-order valence-corrected chi connectivity index (χ3v) is 8.06. The van der Waals surface area contributed by atoms with Crippen molar-refractivity contribution in [1.82, 2.24) is 30.3 Å². The number of nitrogens with zero attached hydrogens (tertiary/aromatic N) is 5. The molecule has 1 atom stereocenters. The van der Waals surface area contributed by atoms with Gasteiger partial charge in [0.2, 0.25) is 17.7 Å². The maximum Gasteiger partial charge on any atom is 0.434 e. The summed E-state index contributed by atoms with van der Waals surface area (Å²) in [4.78, 5) is 36.6. The van der Waals surface area contributed by atoms with Gasteiger partial charge in [0, 0.05) is 62.2 Å². The smallest absolute Gasteiger partial charge is 0.434 e. The van der Waals surface area contributed by atoms with Crippen molar-refractivity contribution in [1.29, 1.82) is 0 Å². The SMILES string of the molecule is CCN(CC)C(=O)C(C)(C)COc1n[nH]c(-c2cc(C)cc(C)c2)c1CCN/C(=N/C(=O)O)N1CCC(c2ccncc2)C1. The molecule has 3 aromatic rings. The molecule has 1 aliphatic heterocycles. The second-order valence-corrected chi connectivity index (χ2v) is 12.0. The zero-order chi connectivity index (χ0) is 31.9. The van der Waals surface area contributed by atoms with Gasteiger partial charge in [0.05, 0.1) is 11.1 Å². The van der Waals surface area contributed by atoms with Crippen LogP contribution in [-0.2, 0) is 11.2 Å². The molecule has 0 aliphatic carbocycles. The Bertz CT molecular complexity index is 1440. The number of ether oxygens (including phenoxy) is 1. The minimum absolute atomic E-state index is 0.0287. The minimum atomic E-state index is -1.25. The Morgan fingerprint density at radius 1 is 1.16 bits per heavy atom. The number of H-pyrrole nitrogens is 1. The number of aliphatic imine (C=N–C) groups is 1. The molecule has 4 rings (SSSR count). The molecule has 2 amide bonds. The predicted octanol–water partition coefficient (Wildman–Crippen LogP) is 5.02. The summed E-state index contributed by atoms with van der Waals surface area (Å²) in [6.45, 7) is 15.0. The molecular formula is C33H45N7O4. The van der Waals surface area contributed by atoms with Crippen LogP contribution in [0.5, 0.6) is 5.88 Å². The number of carbonyl (C=O) groups is 2. The molecule has 1 saturated heterocycles. The maximum atomic E-state index is 13.1. The Labute approximate surface area is 259 Å². The van der Waals surface area contributed by atoms with Crippen LogP contribution in [0.3, 0.4) is 0 Å². The van der Waals surface area contributed by atoms with Gasteiger partial charge in [-0.1, -0.05) is 17.2 Å². The highest BCUT2D eigenvalue weighted by atomic mass is 16.5. The highest BCUT2D eigenvalue weighted by Gasteiger charge is 2.33. The van der Waals surface area contributed by atoms with E-state index in [-0.39, 0.29) is 18.4 Å². The molecule has 0 spiro atoms. The number of aryl methyl sites for hydroxylation is 2. The van der Waals surface area contributed by atoms with Crippen molar-refractivity contribution >= 4 is 18.0 Å². The first kappa shape index (κ1) is 32.5. The van der Waals surface area contributed by atoms with Gasteiger partial charge in [-0.2, -0.15) is 0 Å². The normalized spacial score (nSPS) is 15.4. The van der Waals surface area contributed by atoms with Gasteiger partial charge in [-0.05, 0) is 84.2 Å². The number of carboxylic acid groups (broad SMARTS) is 1. The third-order valence-electron chi connectivity index (χ3n) is 8.06. The average molecular weight is 604 g/mol. The number of amides is 2. The van der Waals surface area contributed by atoms with Gasteiger partial charge in [-0.3, -0.25) is 14.9 Å². The largest absolute Gasteiger partial charge is 0.475 e. The predicted molar refractivity (Wildman–Crippen MR) is 171 cm³/mol. The molecule has 1 unspecified atom stereocenters. The summed E-state index contributed by atoms with van der Waals surface area (Å²) >= 11 is 0. The Balaban J connectivity index is 1.54. The standard InChI is InChI=1S/C33H45N7O4/c1-7-39(8-2)30(41)33(5,6)21-44-29-27(28(37-38-29)26-18-22(3)17-23(4)19-26)11-15-35-31(36-32(42)43)40-16-12-25(20-40)24-9-13-34-14-10-24/h9-10,13-14,17-19,25H,7-8,11-12,15-16,20-21H2,1-6H3,(H,35,36)(H,37,38)(H,42,43). The number of nitrogens with one attached hydrogen (secondary N) is 2. The number of aromatic amines is 1. The number of hydrogen-bond acceptors (Lipinski definition) is 5. The Hall–Kier alpha value is -4.41. The maximum absolute atomic E-state index is 13.1. The van der Waals surface area contributed by atoms with Crippen LogP contribution in [0.25, 0.3) is 11.3 Å². The second-order valence-electron chi connectivity index (χ2n) is 12.0. The van der Waals surface area contributed by atoms with E-state index in [1.807, 2.05) is 44.7 Å². The van der Waals surface area contributed by atoms with Gasteiger partial charge in [0.25, 0.3) is 0 Å². The number of guanidine groups is 1. The van der Waals surface area contributed by atoms with Crippen molar-refractivity contribution < 1.29 is 19.4 Å². The topological polar surface area (TPSA) is 136 Å². The van der Waals surface area contributed by atoms with Crippen molar-refractivity contribution in [2.75, 3.05) is 39.3 Å². The molecule has 11 nitrogen and oxygen atoms in total. The van der Waals surface area contributed by atoms with E-state index in [4.69, 9.17) is 4.74 Å². The number of aromatic nitrogens is 3. The molecule has 0 bridgehead atoms. The number of likely N-dealkylation sites (tertiary alicyclic amines) is 1. The summed E-state index contributed by atoms with van der Waals surface area (Å²) in [7, 11) is 0. The average Bonchev–Trinajstić information content (AvgIpc) is 3.64. The van der Waals surface area contributed by atoms with Gasteiger partial charge in [0.1, 0.15) is 6.61 Å². The molecule has 11 heteroatoms. The lowest BCUT2D eigenvalue weighted by Gasteiger charge is -2.30. The van der Waals surface area contributed by atoms with Crippen LogP contribution in [-0.4, -0.2) is 87.4 Å². The van der Waals surface area contributed by atoms with Crippen LogP contribution in [0.1, 0.15) is 62.3 Å². The molecule has 0 radical (unpaired) electrons.